The largest absolute Gasteiger partial charge is 0.392 e. The summed E-state index contributed by atoms with van der Waals surface area (Å²) in [6.45, 7) is 8.84. The van der Waals surface area contributed by atoms with Gasteiger partial charge in [-0.15, -0.1) is 37.2 Å². The third kappa shape index (κ3) is 8.87. The summed E-state index contributed by atoms with van der Waals surface area (Å²) in [6.07, 6.45) is 2.24. The van der Waals surface area contributed by atoms with Crippen molar-refractivity contribution >= 4 is 48.8 Å². The molecule has 2 heterocycles. The standard InChI is InChI=1S/C20H32N4O2.3ClH/c1-16-5-4-6-17(13-16)24-11-9-23(10-12-24)8-3-2-7-21-20(26)19-14-18(25)15-22-19;;;/h4-6,13,18-19,22,25H,2-3,7-12,14-15H2,1H3,(H,21,26);3*1H. The minimum absolute atomic E-state index is 0. The number of aryl methyl sites for hydroxylation is 1. The van der Waals surface area contributed by atoms with E-state index in [0.717, 1.165) is 52.1 Å². The predicted octanol–water partition coefficient (Wildman–Crippen LogP) is 2.00. The summed E-state index contributed by atoms with van der Waals surface area (Å²) in [4.78, 5) is 16.9. The SMILES string of the molecule is Cc1cccc(N2CCN(CCCCNC(=O)C3CC(O)CN3)CC2)c1.Cl.Cl.Cl. The zero-order valence-electron chi connectivity index (χ0n) is 17.0. The highest BCUT2D eigenvalue weighted by atomic mass is 35.5. The number of piperazine rings is 1. The monoisotopic (exact) mass is 468 g/mol. The Balaban J connectivity index is 0.00000261. The van der Waals surface area contributed by atoms with Crippen molar-refractivity contribution in [2.24, 2.45) is 0 Å². The van der Waals surface area contributed by atoms with Crippen molar-refractivity contribution in [1.82, 2.24) is 15.5 Å². The molecule has 6 nitrogen and oxygen atoms in total. The van der Waals surface area contributed by atoms with Crippen LogP contribution in [0.3, 0.4) is 0 Å². The second-order valence-electron chi connectivity index (χ2n) is 7.52. The van der Waals surface area contributed by atoms with Gasteiger partial charge in [0.05, 0.1) is 12.1 Å². The number of halogens is 3. The number of carbonyl (C=O) groups excluding carboxylic acids is 1. The molecule has 0 radical (unpaired) electrons. The first-order chi connectivity index (χ1) is 12.6. The van der Waals surface area contributed by atoms with Crippen LogP contribution >= 0.6 is 37.2 Å². The number of nitrogens with one attached hydrogen (secondary N) is 2. The summed E-state index contributed by atoms with van der Waals surface area (Å²) >= 11 is 0. The van der Waals surface area contributed by atoms with E-state index in [-0.39, 0.29) is 55.3 Å². The van der Waals surface area contributed by atoms with Gasteiger partial charge in [-0.2, -0.15) is 0 Å². The van der Waals surface area contributed by atoms with Gasteiger partial charge in [0.15, 0.2) is 0 Å². The van der Waals surface area contributed by atoms with E-state index in [1.807, 2.05) is 0 Å². The van der Waals surface area contributed by atoms with E-state index >= 15 is 0 Å². The molecular formula is C20H35Cl3N4O2. The van der Waals surface area contributed by atoms with Crippen molar-refractivity contribution in [2.75, 3.05) is 50.7 Å². The lowest BCUT2D eigenvalue weighted by Gasteiger charge is -2.36. The molecule has 0 aromatic heterocycles. The normalized spacial score (nSPS) is 21.5. The van der Waals surface area contributed by atoms with Gasteiger partial charge < -0.3 is 20.6 Å². The molecule has 9 heteroatoms. The number of aliphatic hydroxyl groups is 1. The number of anilines is 1. The minimum Gasteiger partial charge on any atom is -0.392 e. The summed E-state index contributed by atoms with van der Waals surface area (Å²) < 4.78 is 0. The van der Waals surface area contributed by atoms with Crippen LogP contribution in [0, 0.1) is 6.92 Å². The van der Waals surface area contributed by atoms with Gasteiger partial charge in [0.2, 0.25) is 5.91 Å². The van der Waals surface area contributed by atoms with Gasteiger partial charge in [0.1, 0.15) is 0 Å². The zero-order valence-corrected chi connectivity index (χ0v) is 19.5. The summed E-state index contributed by atoms with van der Waals surface area (Å²) in [6, 6.07) is 8.51. The molecule has 2 fully saturated rings. The molecule has 0 aliphatic carbocycles. The van der Waals surface area contributed by atoms with Crippen LogP contribution in [0.25, 0.3) is 0 Å². The van der Waals surface area contributed by atoms with Crippen molar-refractivity contribution in [2.45, 2.75) is 38.3 Å². The zero-order chi connectivity index (χ0) is 18.4. The van der Waals surface area contributed by atoms with E-state index in [9.17, 15) is 9.90 Å². The summed E-state index contributed by atoms with van der Waals surface area (Å²) in [5.74, 6) is 0.0216. The summed E-state index contributed by atoms with van der Waals surface area (Å²) in [5.41, 5.74) is 2.65. The van der Waals surface area contributed by atoms with Crippen molar-refractivity contribution < 1.29 is 9.90 Å². The molecule has 29 heavy (non-hydrogen) atoms. The van der Waals surface area contributed by atoms with E-state index in [2.05, 4.69) is 51.6 Å². The van der Waals surface area contributed by atoms with Crippen LogP contribution in [0.4, 0.5) is 5.69 Å². The highest BCUT2D eigenvalue weighted by molar-refractivity contribution is 5.86. The van der Waals surface area contributed by atoms with Crippen LogP contribution in [-0.2, 0) is 4.79 Å². The second-order valence-corrected chi connectivity index (χ2v) is 7.52. The topological polar surface area (TPSA) is 67.8 Å². The second kappa shape index (κ2) is 14.3. The van der Waals surface area contributed by atoms with Gasteiger partial charge in [0, 0.05) is 45.0 Å². The Kier molecular flexibility index (Phi) is 13.9. The molecule has 0 saturated carbocycles. The average Bonchev–Trinajstić information content (AvgIpc) is 3.08. The highest BCUT2D eigenvalue weighted by Crippen LogP contribution is 2.17. The maximum Gasteiger partial charge on any atom is 0.237 e. The number of nitrogens with zero attached hydrogens (tertiary/aromatic N) is 2. The molecule has 1 aromatic rings. The number of rotatable bonds is 7. The van der Waals surface area contributed by atoms with Crippen molar-refractivity contribution in [1.29, 1.82) is 0 Å². The first kappa shape index (κ1) is 28.2. The lowest BCUT2D eigenvalue weighted by Crippen LogP contribution is -2.46. The number of benzene rings is 1. The molecular weight excluding hydrogens is 435 g/mol. The minimum atomic E-state index is -0.385. The third-order valence-corrected chi connectivity index (χ3v) is 5.36. The van der Waals surface area contributed by atoms with Crippen LogP contribution in [0.2, 0.25) is 0 Å². The maximum absolute atomic E-state index is 11.9. The third-order valence-electron chi connectivity index (χ3n) is 5.36. The van der Waals surface area contributed by atoms with Crippen LogP contribution in [0.5, 0.6) is 0 Å². The molecule has 168 valence electrons. The molecule has 2 unspecified atom stereocenters. The fourth-order valence-electron chi connectivity index (χ4n) is 3.77. The Morgan fingerprint density at radius 3 is 2.52 bits per heavy atom. The Bertz CT molecular complexity index is 601. The molecule has 1 amide bonds. The van der Waals surface area contributed by atoms with Crippen LogP contribution in [-0.4, -0.2) is 73.9 Å². The Hall–Kier alpha value is -0.760. The molecule has 0 bridgehead atoms. The Morgan fingerprint density at radius 2 is 1.90 bits per heavy atom. The van der Waals surface area contributed by atoms with Gasteiger partial charge in [-0.05, 0) is 50.4 Å². The number of carbonyl (C=O) groups is 1. The molecule has 3 rings (SSSR count). The van der Waals surface area contributed by atoms with E-state index in [0.29, 0.717) is 13.0 Å². The van der Waals surface area contributed by atoms with Crippen LogP contribution < -0.4 is 15.5 Å². The maximum atomic E-state index is 11.9. The predicted molar refractivity (Wildman–Crippen MR) is 126 cm³/mol. The van der Waals surface area contributed by atoms with E-state index in [4.69, 9.17) is 0 Å². The van der Waals surface area contributed by atoms with Crippen LogP contribution in [0.15, 0.2) is 24.3 Å². The number of unbranched alkanes of at least 4 members (excludes halogenated alkanes) is 1. The fraction of sp³-hybridized carbons (Fsp3) is 0.650. The molecule has 2 aliphatic heterocycles. The smallest absolute Gasteiger partial charge is 0.237 e. The molecule has 0 spiro atoms. The van der Waals surface area contributed by atoms with Crippen molar-refractivity contribution in [3.05, 3.63) is 29.8 Å². The number of hydrogen-bond donors (Lipinski definition) is 3. The highest BCUT2D eigenvalue weighted by Gasteiger charge is 2.27. The number of amides is 1. The van der Waals surface area contributed by atoms with Gasteiger partial charge in [-0.1, -0.05) is 12.1 Å². The van der Waals surface area contributed by atoms with Gasteiger partial charge >= 0.3 is 0 Å². The number of aliphatic hydroxyl groups excluding tert-OH is 1. The average molecular weight is 470 g/mol. The first-order valence-corrected chi connectivity index (χ1v) is 9.85. The quantitative estimate of drug-likeness (QED) is 0.533. The van der Waals surface area contributed by atoms with Gasteiger partial charge in [0.25, 0.3) is 0 Å². The van der Waals surface area contributed by atoms with Crippen molar-refractivity contribution in [3.8, 4) is 0 Å². The fourth-order valence-corrected chi connectivity index (χ4v) is 3.77. The molecule has 3 N–H and O–H groups in total. The molecule has 1 aromatic carbocycles. The molecule has 2 atom stereocenters. The van der Waals surface area contributed by atoms with Gasteiger partial charge in [-0.25, -0.2) is 0 Å². The van der Waals surface area contributed by atoms with E-state index < -0.39 is 0 Å². The Morgan fingerprint density at radius 1 is 1.17 bits per heavy atom. The van der Waals surface area contributed by atoms with Crippen LogP contribution in [0.1, 0.15) is 24.8 Å². The van der Waals surface area contributed by atoms with E-state index in [1.165, 1.54) is 11.3 Å². The molecule has 2 saturated heterocycles. The number of β-amino-alcohol motifs (C(OH)–C–C–N with tert-alkyl or cyclic N) is 1. The Labute approximate surface area is 193 Å². The lowest BCUT2D eigenvalue weighted by molar-refractivity contribution is -0.122. The van der Waals surface area contributed by atoms with E-state index in [1.54, 1.807) is 0 Å². The molecule has 2 aliphatic rings. The summed E-state index contributed by atoms with van der Waals surface area (Å²) in [5, 5.41) is 15.5. The lowest BCUT2D eigenvalue weighted by atomic mass is 10.2. The van der Waals surface area contributed by atoms with Gasteiger partial charge in [-0.3, -0.25) is 9.69 Å². The number of hydrogen-bond acceptors (Lipinski definition) is 5. The van der Waals surface area contributed by atoms with Crippen molar-refractivity contribution in [3.63, 3.8) is 0 Å². The summed E-state index contributed by atoms with van der Waals surface area (Å²) in [7, 11) is 0. The first-order valence-electron chi connectivity index (χ1n) is 9.85.